The highest BCUT2D eigenvalue weighted by Gasteiger charge is 2.15. The molecule has 0 spiro atoms. The Balaban J connectivity index is 1.74. The topological polar surface area (TPSA) is 45.7 Å². The summed E-state index contributed by atoms with van der Waals surface area (Å²) in [6.07, 6.45) is 5.14. The molecule has 0 bridgehead atoms. The molecule has 4 heteroatoms. The quantitative estimate of drug-likeness (QED) is 0.481. The molecule has 4 nitrogen and oxygen atoms in total. The number of rotatable bonds is 6. The fraction of sp³-hybridized carbons (Fsp3) is 0.611. The number of aliphatic imine (C=N–C) groups is 1. The van der Waals surface area contributed by atoms with E-state index in [0.717, 1.165) is 18.3 Å². The Morgan fingerprint density at radius 2 is 2.00 bits per heavy atom. The van der Waals surface area contributed by atoms with Gasteiger partial charge in [0.2, 0.25) is 0 Å². The molecular weight excluding hydrogens is 274 g/mol. The summed E-state index contributed by atoms with van der Waals surface area (Å²) in [5.41, 5.74) is 1.26. The summed E-state index contributed by atoms with van der Waals surface area (Å²) in [7, 11) is 1.82. The van der Waals surface area contributed by atoms with Crippen LogP contribution < -0.4 is 15.4 Å². The van der Waals surface area contributed by atoms with Crippen molar-refractivity contribution < 1.29 is 4.74 Å². The fourth-order valence-corrected chi connectivity index (χ4v) is 2.88. The molecule has 0 aliphatic heterocycles. The van der Waals surface area contributed by atoms with E-state index < -0.39 is 0 Å². The van der Waals surface area contributed by atoms with E-state index in [9.17, 15) is 0 Å². The van der Waals surface area contributed by atoms with Crippen molar-refractivity contribution in [2.75, 3.05) is 20.2 Å². The molecule has 22 heavy (non-hydrogen) atoms. The molecule has 2 rings (SSSR count). The first kappa shape index (κ1) is 16.7. The molecule has 1 fully saturated rings. The number of guanidine groups is 1. The van der Waals surface area contributed by atoms with E-state index >= 15 is 0 Å². The van der Waals surface area contributed by atoms with Gasteiger partial charge in [0, 0.05) is 13.1 Å². The van der Waals surface area contributed by atoms with Crippen molar-refractivity contribution in [3.63, 3.8) is 0 Å². The Kier molecular flexibility index (Phi) is 6.56. The van der Waals surface area contributed by atoms with Crippen molar-refractivity contribution in [1.82, 2.24) is 10.6 Å². The van der Waals surface area contributed by atoms with E-state index in [1.165, 1.54) is 31.2 Å². The molecule has 1 aliphatic carbocycles. The smallest absolute Gasteiger partial charge is 0.191 e. The lowest BCUT2D eigenvalue weighted by Crippen LogP contribution is -2.43. The van der Waals surface area contributed by atoms with Crippen LogP contribution >= 0.6 is 0 Å². The summed E-state index contributed by atoms with van der Waals surface area (Å²) >= 11 is 0. The molecule has 122 valence electrons. The number of hydrogen-bond donors (Lipinski definition) is 2. The number of nitrogens with one attached hydrogen (secondary N) is 2. The van der Waals surface area contributed by atoms with Gasteiger partial charge in [-0.2, -0.15) is 0 Å². The fourth-order valence-electron chi connectivity index (χ4n) is 2.88. The van der Waals surface area contributed by atoms with Gasteiger partial charge >= 0.3 is 0 Å². The van der Waals surface area contributed by atoms with Gasteiger partial charge in [-0.25, -0.2) is 0 Å². The van der Waals surface area contributed by atoms with Gasteiger partial charge in [0.15, 0.2) is 5.96 Å². The van der Waals surface area contributed by atoms with Crippen LogP contribution in [0.1, 0.15) is 51.0 Å². The minimum atomic E-state index is 0.473. The maximum atomic E-state index is 5.92. The molecule has 1 saturated carbocycles. The lowest BCUT2D eigenvalue weighted by atomic mass is 10.0. The van der Waals surface area contributed by atoms with Crippen LogP contribution in [0.5, 0.6) is 5.75 Å². The summed E-state index contributed by atoms with van der Waals surface area (Å²) in [6, 6.07) is 8.84. The molecule has 0 atom stereocenters. The molecule has 0 aromatic heterocycles. The minimum absolute atomic E-state index is 0.473. The highest BCUT2D eigenvalue weighted by molar-refractivity contribution is 5.79. The van der Waals surface area contributed by atoms with Crippen LogP contribution in [-0.2, 0) is 0 Å². The van der Waals surface area contributed by atoms with Crippen LogP contribution in [0.15, 0.2) is 29.3 Å². The lowest BCUT2D eigenvalue weighted by Gasteiger charge is -2.18. The van der Waals surface area contributed by atoms with Crippen LogP contribution in [0.3, 0.4) is 0 Å². The average molecular weight is 303 g/mol. The normalized spacial score (nSPS) is 16.1. The molecule has 0 amide bonds. The number of benzene rings is 1. The summed E-state index contributed by atoms with van der Waals surface area (Å²) < 4.78 is 5.92. The predicted octanol–water partition coefficient (Wildman–Crippen LogP) is 3.30. The second kappa shape index (κ2) is 8.66. The van der Waals surface area contributed by atoms with E-state index in [4.69, 9.17) is 4.74 Å². The van der Waals surface area contributed by atoms with Crippen molar-refractivity contribution in [3.8, 4) is 5.75 Å². The SMILES string of the molecule is CN=C(NCCOc1ccccc1C(C)C)NC1CCCC1. The van der Waals surface area contributed by atoms with Crippen LogP contribution in [0, 0.1) is 0 Å². The highest BCUT2D eigenvalue weighted by atomic mass is 16.5. The van der Waals surface area contributed by atoms with Gasteiger partial charge in [-0.3, -0.25) is 4.99 Å². The molecule has 0 heterocycles. The van der Waals surface area contributed by atoms with Crippen LogP contribution in [-0.4, -0.2) is 32.2 Å². The number of para-hydroxylation sites is 1. The average Bonchev–Trinajstić information content (AvgIpc) is 3.03. The molecule has 0 unspecified atom stereocenters. The highest BCUT2D eigenvalue weighted by Crippen LogP contribution is 2.25. The third kappa shape index (κ3) is 4.93. The Hall–Kier alpha value is -1.71. The molecule has 1 aromatic rings. The second-order valence-electron chi connectivity index (χ2n) is 6.17. The summed E-state index contributed by atoms with van der Waals surface area (Å²) in [5, 5.41) is 6.81. The van der Waals surface area contributed by atoms with Crippen molar-refractivity contribution in [1.29, 1.82) is 0 Å². The van der Waals surface area contributed by atoms with Gasteiger partial charge in [-0.1, -0.05) is 44.9 Å². The van der Waals surface area contributed by atoms with Gasteiger partial charge < -0.3 is 15.4 Å². The Bertz CT molecular complexity index is 479. The predicted molar refractivity (Wildman–Crippen MR) is 92.8 cm³/mol. The van der Waals surface area contributed by atoms with Gasteiger partial charge in [0.1, 0.15) is 12.4 Å². The first-order chi connectivity index (χ1) is 10.7. The standard InChI is InChI=1S/C18H29N3O/c1-14(2)16-10-6-7-11-17(16)22-13-12-20-18(19-3)21-15-8-4-5-9-15/h6-7,10-11,14-15H,4-5,8-9,12-13H2,1-3H3,(H2,19,20,21). The van der Waals surface area contributed by atoms with Gasteiger partial charge in [0.05, 0.1) is 6.54 Å². The Labute approximate surface area is 134 Å². The molecular formula is C18H29N3O. The van der Waals surface area contributed by atoms with Crippen molar-refractivity contribution in [3.05, 3.63) is 29.8 Å². The first-order valence-corrected chi connectivity index (χ1v) is 8.39. The Morgan fingerprint density at radius 3 is 2.68 bits per heavy atom. The van der Waals surface area contributed by atoms with Crippen LogP contribution in [0.25, 0.3) is 0 Å². The van der Waals surface area contributed by atoms with Crippen molar-refractivity contribution in [2.24, 2.45) is 4.99 Å². The van der Waals surface area contributed by atoms with Gasteiger partial charge in [-0.05, 0) is 30.4 Å². The molecule has 1 aliphatic rings. The molecule has 0 saturated heterocycles. The largest absolute Gasteiger partial charge is 0.491 e. The van der Waals surface area contributed by atoms with E-state index in [2.05, 4.69) is 41.6 Å². The third-order valence-corrected chi connectivity index (χ3v) is 4.11. The maximum absolute atomic E-state index is 5.92. The molecule has 0 radical (unpaired) electrons. The van der Waals surface area contributed by atoms with E-state index in [-0.39, 0.29) is 0 Å². The lowest BCUT2D eigenvalue weighted by molar-refractivity contribution is 0.317. The Morgan fingerprint density at radius 1 is 1.27 bits per heavy atom. The van der Waals surface area contributed by atoms with Crippen molar-refractivity contribution >= 4 is 5.96 Å². The monoisotopic (exact) mass is 303 g/mol. The van der Waals surface area contributed by atoms with Gasteiger partial charge in [0.25, 0.3) is 0 Å². The van der Waals surface area contributed by atoms with Crippen LogP contribution in [0.2, 0.25) is 0 Å². The summed E-state index contributed by atoms with van der Waals surface area (Å²) in [6.45, 7) is 5.76. The zero-order chi connectivity index (χ0) is 15.8. The zero-order valence-corrected chi connectivity index (χ0v) is 14.1. The minimum Gasteiger partial charge on any atom is -0.491 e. The second-order valence-corrected chi connectivity index (χ2v) is 6.17. The summed E-state index contributed by atoms with van der Waals surface area (Å²) in [5.74, 6) is 2.34. The maximum Gasteiger partial charge on any atom is 0.191 e. The van der Waals surface area contributed by atoms with Crippen LogP contribution in [0.4, 0.5) is 0 Å². The first-order valence-electron chi connectivity index (χ1n) is 8.39. The van der Waals surface area contributed by atoms with Gasteiger partial charge in [-0.15, -0.1) is 0 Å². The molecule has 1 aromatic carbocycles. The zero-order valence-electron chi connectivity index (χ0n) is 14.1. The van der Waals surface area contributed by atoms with E-state index in [1.54, 1.807) is 0 Å². The molecule has 2 N–H and O–H groups in total. The van der Waals surface area contributed by atoms with E-state index in [0.29, 0.717) is 18.6 Å². The van der Waals surface area contributed by atoms with Crippen molar-refractivity contribution in [2.45, 2.75) is 51.5 Å². The number of hydrogen-bond acceptors (Lipinski definition) is 2. The van der Waals surface area contributed by atoms with E-state index in [1.807, 2.05) is 19.2 Å². The number of nitrogens with zero attached hydrogens (tertiary/aromatic N) is 1. The number of ether oxygens (including phenoxy) is 1. The summed E-state index contributed by atoms with van der Waals surface area (Å²) in [4.78, 5) is 4.28. The third-order valence-electron chi connectivity index (χ3n) is 4.11.